The Morgan fingerprint density at radius 3 is 2.47 bits per heavy atom. The summed E-state index contributed by atoms with van der Waals surface area (Å²) in [5, 5.41) is 3.05. The summed E-state index contributed by atoms with van der Waals surface area (Å²) in [6.45, 7) is 2.01. The van der Waals surface area contributed by atoms with Crippen LogP contribution in [-0.2, 0) is 14.6 Å². The Bertz CT molecular complexity index is 528. The van der Waals surface area contributed by atoms with Gasteiger partial charge in [0, 0.05) is 10.7 Å². The average Bonchev–Trinajstić information content (AvgIpc) is 2.30. The topological polar surface area (TPSA) is 89.3 Å². The number of anilines is 1. The predicted molar refractivity (Wildman–Crippen MR) is 77.0 cm³/mol. The highest BCUT2D eigenvalue weighted by atomic mass is 35.5. The van der Waals surface area contributed by atoms with Crippen LogP contribution >= 0.6 is 11.6 Å². The summed E-state index contributed by atoms with van der Waals surface area (Å²) in [6, 6.07) is 6.44. The molecule has 0 spiro atoms. The molecule has 0 heterocycles. The highest BCUT2D eigenvalue weighted by Gasteiger charge is 2.19. The lowest BCUT2D eigenvalue weighted by Gasteiger charge is -2.09. The average molecular weight is 305 g/mol. The van der Waals surface area contributed by atoms with Crippen molar-refractivity contribution in [2.24, 2.45) is 11.7 Å². The maximum absolute atomic E-state index is 11.7. The summed E-state index contributed by atoms with van der Waals surface area (Å²) in [6.07, 6.45) is 0. The van der Waals surface area contributed by atoms with Crippen molar-refractivity contribution in [3.8, 4) is 0 Å². The molecule has 1 amide bonds. The monoisotopic (exact) mass is 304 g/mol. The SMILES string of the molecule is CC(CN)CS(=O)(=O)CC(=O)Nc1ccc(Cl)cc1. The van der Waals surface area contributed by atoms with Crippen LogP contribution in [0.25, 0.3) is 0 Å². The van der Waals surface area contributed by atoms with E-state index in [9.17, 15) is 13.2 Å². The van der Waals surface area contributed by atoms with Gasteiger partial charge in [0.25, 0.3) is 0 Å². The third-order valence-electron chi connectivity index (χ3n) is 2.42. The molecule has 0 aromatic heterocycles. The van der Waals surface area contributed by atoms with Crippen molar-refractivity contribution >= 4 is 33.0 Å². The van der Waals surface area contributed by atoms with Crippen molar-refractivity contribution in [2.45, 2.75) is 6.92 Å². The molecule has 1 unspecified atom stereocenters. The first-order chi connectivity index (χ1) is 8.82. The fraction of sp³-hybridized carbons (Fsp3) is 0.417. The minimum Gasteiger partial charge on any atom is -0.330 e. The van der Waals surface area contributed by atoms with Gasteiger partial charge in [-0.15, -0.1) is 0 Å². The summed E-state index contributed by atoms with van der Waals surface area (Å²) in [4.78, 5) is 11.6. The van der Waals surface area contributed by atoms with E-state index in [1.165, 1.54) is 0 Å². The number of amides is 1. The standard InChI is InChI=1S/C12H17ClN2O3S/c1-9(6-14)7-19(17,18)8-12(16)15-11-4-2-10(13)3-5-11/h2-5,9H,6-8,14H2,1H3,(H,15,16). The largest absolute Gasteiger partial charge is 0.330 e. The number of nitrogens with one attached hydrogen (secondary N) is 1. The second-order valence-corrected chi connectivity index (χ2v) is 7.00. The Hall–Kier alpha value is -1.11. The van der Waals surface area contributed by atoms with Gasteiger partial charge in [-0.05, 0) is 36.7 Å². The number of benzene rings is 1. The van der Waals surface area contributed by atoms with Crippen LogP contribution in [0.1, 0.15) is 6.92 Å². The zero-order chi connectivity index (χ0) is 14.5. The number of nitrogens with two attached hydrogens (primary N) is 1. The number of hydrogen-bond donors (Lipinski definition) is 2. The number of carbonyl (C=O) groups is 1. The molecule has 0 fully saturated rings. The summed E-state index contributed by atoms with van der Waals surface area (Å²) in [7, 11) is -3.44. The van der Waals surface area contributed by atoms with Gasteiger partial charge in [-0.2, -0.15) is 0 Å². The van der Waals surface area contributed by atoms with E-state index in [0.717, 1.165) is 0 Å². The highest BCUT2D eigenvalue weighted by Crippen LogP contribution is 2.13. The molecular weight excluding hydrogens is 288 g/mol. The van der Waals surface area contributed by atoms with Crippen LogP contribution in [0.15, 0.2) is 24.3 Å². The third-order valence-corrected chi connectivity index (χ3v) is 4.45. The number of carbonyl (C=O) groups excluding carboxylic acids is 1. The normalized spacial score (nSPS) is 13.0. The van der Waals surface area contributed by atoms with Gasteiger partial charge in [-0.3, -0.25) is 4.79 Å². The molecule has 1 rings (SSSR count). The van der Waals surface area contributed by atoms with Crippen LogP contribution in [0.2, 0.25) is 5.02 Å². The number of hydrogen-bond acceptors (Lipinski definition) is 4. The van der Waals surface area contributed by atoms with Crippen molar-refractivity contribution < 1.29 is 13.2 Å². The first kappa shape index (κ1) is 15.9. The molecule has 19 heavy (non-hydrogen) atoms. The van der Waals surface area contributed by atoms with Gasteiger partial charge in [0.2, 0.25) is 5.91 Å². The second kappa shape index (κ2) is 6.88. The molecule has 0 bridgehead atoms. The van der Waals surface area contributed by atoms with Crippen molar-refractivity contribution in [2.75, 3.05) is 23.4 Å². The Kier molecular flexibility index (Phi) is 5.78. The molecule has 0 aliphatic heterocycles. The number of rotatable bonds is 6. The fourth-order valence-electron chi connectivity index (χ4n) is 1.49. The third kappa shape index (κ3) is 6.04. The maximum Gasteiger partial charge on any atom is 0.239 e. The van der Waals surface area contributed by atoms with Gasteiger partial charge in [0.1, 0.15) is 5.75 Å². The molecule has 1 atom stereocenters. The van der Waals surface area contributed by atoms with E-state index in [2.05, 4.69) is 5.32 Å². The van der Waals surface area contributed by atoms with Crippen LogP contribution in [0.4, 0.5) is 5.69 Å². The first-order valence-corrected chi connectivity index (χ1v) is 7.98. The van der Waals surface area contributed by atoms with E-state index in [1.807, 2.05) is 0 Å². The van der Waals surface area contributed by atoms with Crippen LogP contribution < -0.4 is 11.1 Å². The van der Waals surface area contributed by atoms with Crippen LogP contribution in [0.5, 0.6) is 0 Å². The van der Waals surface area contributed by atoms with Crippen molar-refractivity contribution in [3.63, 3.8) is 0 Å². The molecule has 106 valence electrons. The van der Waals surface area contributed by atoms with Gasteiger partial charge in [-0.25, -0.2) is 8.42 Å². The Labute approximate surface area is 118 Å². The molecule has 1 aromatic rings. The quantitative estimate of drug-likeness (QED) is 0.828. The molecule has 3 N–H and O–H groups in total. The van der Waals surface area contributed by atoms with E-state index < -0.39 is 21.5 Å². The second-order valence-electron chi connectivity index (χ2n) is 4.45. The fourth-order valence-corrected chi connectivity index (χ4v) is 3.21. The van der Waals surface area contributed by atoms with Gasteiger partial charge < -0.3 is 11.1 Å². The molecule has 0 aliphatic carbocycles. The minimum atomic E-state index is -3.44. The Morgan fingerprint density at radius 1 is 1.37 bits per heavy atom. The lowest BCUT2D eigenvalue weighted by atomic mass is 10.2. The number of sulfone groups is 1. The van der Waals surface area contributed by atoms with Crippen molar-refractivity contribution in [1.82, 2.24) is 0 Å². The van der Waals surface area contributed by atoms with Gasteiger partial charge in [0.15, 0.2) is 9.84 Å². The van der Waals surface area contributed by atoms with Gasteiger partial charge >= 0.3 is 0 Å². The van der Waals surface area contributed by atoms with Crippen LogP contribution in [0.3, 0.4) is 0 Å². The van der Waals surface area contributed by atoms with Crippen LogP contribution in [-0.4, -0.2) is 32.4 Å². The van der Waals surface area contributed by atoms with Crippen molar-refractivity contribution in [1.29, 1.82) is 0 Å². The smallest absolute Gasteiger partial charge is 0.239 e. The zero-order valence-corrected chi connectivity index (χ0v) is 12.2. The van der Waals surface area contributed by atoms with Crippen molar-refractivity contribution in [3.05, 3.63) is 29.3 Å². The number of halogens is 1. The lowest BCUT2D eigenvalue weighted by molar-refractivity contribution is -0.113. The minimum absolute atomic E-state index is 0.0858. The maximum atomic E-state index is 11.7. The highest BCUT2D eigenvalue weighted by molar-refractivity contribution is 7.92. The molecule has 5 nitrogen and oxygen atoms in total. The van der Waals surface area contributed by atoms with E-state index >= 15 is 0 Å². The van der Waals surface area contributed by atoms with E-state index in [4.69, 9.17) is 17.3 Å². The summed E-state index contributed by atoms with van der Waals surface area (Å²) in [5.41, 5.74) is 5.88. The molecule has 0 saturated heterocycles. The van der Waals surface area contributed by atoms with Gasteiger partial charge in [-0.1, -0.05) is 18.5 Å². The molecule has 7 heteroatoms. The van der Waals surface area contributed by atoms with E-state index in [0.29, 0.717) is 10.7 Å². The summed E-state index contributed by atoms with van der Waals surface area (Å²) in [5.74, 6) is -1.35. The predicted octanol–water partition coefficient (Wildman–Crippen LogP) is 1.29. The van der Waals surface area contributed by atoms with E-state index in [1.54, 1.807) is 31.2 Å². The molecule has 0 aliphatic rings. The van der Waals surface area contributed by atoms with Gasteiger partial charge in [0.05, 0.1) is 5.75 Å². The lowest BCUT2D eigenvalue weighted by Crippen LogP contribution is -2.29. The summed E-state index contributed by atoms with van der Waals surface area (Å²) < 4.78 is 23.4. The summed E-state index contributed by atoms with van der Waals surface area (Å²) >= 11 is 5.71. The Morgan fingerprint density at radius 2 is 1.95 bits per heavy atom. The van der Waals surface area contributed by atoms with Crippen LogP contribution in [0, 0.1) is 5.92 Å². The van der Waals surface area contributed by atoms with E-state index in [-0.39, 0.29) is 18.2 Å². The zero-order valence-electron chi connectivity index (χ0n) is 10.6. The molecule has 1 aromatic carbocycles. The molecular formula is C12H17ClN2O3S. The Balaban J connectivity index is 2.57. The molecule has 0 radical (unpaired) electrons. The first-order valence-electron chi connectivity index (χ1n) is 5.78. The molecule has 0 saturated carbocycles.